The monoisotopic (exact) mass is 264 g/mol. The Labute approximate surface area is 112 Å². The first kappa shape index (κ1) is 12.2. The molecular weight excluding hydrogens is 244 g/mol. The highest BCUT2D eigenvalue weighted by Crippen LogP contribution is 2.35. The summed E-state index contributed by atoms with van der Waals surface area (Å²) in [5, 5.41) is 5.46. The zero-order chi connectivity index (χ0) is 12.5. The predicted molar refractivity (Wildman–Crippen MR) is 73.6 cm³/mol. The van der Waals surface area contributed by atoms with E-state index in [4.69, 9.17) is 0 Å². The van der Waals surface area contributed by atoms with Gasteiger partial charge in [-0.1, -0.05) is 13.0 Å². The van der Waals surface area contributed by atoms with Crippen molar-refractivity contribution in [2.24, 2.45) is 5.92 Å². The average Bonchev–Trinajstić information content (AvgIpc) is 3.09. The lowest BCUT2D eigenvalue weighted by Crippen LogP contribution is -2.45. The summed E-state index contributed by atoms with van der Waals surface area (Å²) in [7, 11) is 0. The van der Waals surface area contributed by atoms with E-state index >= 15 is 0 Å². The summed E-state index contributed by atoms with van der Waals surface area (Å²) in [5.41, 5.74) is 0. The molecular formula is C14H20N2OS. The summed E-state index contributed by atoms with van der Waals surface area (Å²) in [6.45, 7) is 4.08. The highest BCUT2D eigenvalue weighted by atomic mass is 32.1. The largest absolute Gasteiger partial charge is 0.333 e. The minimum absolute atomic E-state index is 0.0468. The van der Waals surface area contributed by atoms with Crippen LogP contribution in [0.15, 0.2) is 17.5 Å². The van der Waals surface area contributed by atoms with Crippen LogP contribution < -0.4 is 5.32 Å². The van der Waals surface area contributed by atoms with Crippen molar-refractivity contribution in [1.82, 2.24) is 10.2 Å². The third kappa shape index (κ3) is 2.08. The maximum atomic E-state index is 12.6. The Balaban J connectivity index is 1.76. The fraction of sp³-hybridized carbons (Fsp3) is 0.643. The molecule has 3 heterocycles. The van der Waals surface area contributed by atoms with Gasteiger partial charge in [0.1, 0.15) is 0 Å². The van der Waals surface area contributed by atoms with Gasteiger partial charge in [0.05, 0.1) is 12.1 Å². The lowest BCUT2D eigenvalue weighted by atomic mass is 10.0. The minimum Gasteiger partial charge on any atom is -0.333 e. The fourth-order valence-electron chi connectivity index (χ4n) is 3.15. The first-order valence-corrected chi connectivity index (χ1v) is 7.72. The van der Waals surface area contributed by atoms with Crippen molar-refractivity contribution in [2.45, 2.75) is 38.3 Å². The molecule has 3 atom stereocenters. The number of carbonyl (C=O) groups is 1. The number of hydrogen-bond donors (Lipinski definition) is 1. The molecule has 1 aromatic rings. The number of carbonyl (C=O) groups excluding carboxylic acids is 1. The number of nitrogens with one attached hydrogen (secondary N) is 1. The first-order chi connectivity index (χ1) is 8.77. The molecule has 4 heteroatoms. The quantitative estimate of drug-likeness (QED) is 0.889. The van der Waals surface area contributed by atoms with E-state index in [1.165, 1.54) is 4.88 Å². The number of hydrogen-bond acceptors (Lipinski definition) is 3. The smallest absolute Gasteiger partial charge is 0.240 e. The van der Waals surface area contributed by atoms with Gasteiger partial charge in [0.15, 0.2) is 0 Å². The van der Waals surface area contributed by atoms with Crippen LogP contribution in [0.2, 0.25) is 0 Å². The Hall–Kier alpha value is -0.870. The first-order valence-electron chi connectivity index (χ1n) is 6.84. The fourth-order valence-corrected chi connectivity index (χ4v) is 4.02. The van der Waals surface area contributed by atoms with E-state index in [1.54, 1.807) is 11.3 Å². The summed E-state index contributed by atoms with van der Waals surface area (Å²) in [6.07, 6.45) is 3.37. The number of likely N-dealkylation sites (tertiary alicyclic amines) is 1. The van der Waals surface area contributed by atoms with Crippen molar-refractivity contribution in [3.63, 3.8) is 0 Å². The molecule has 3 rings (SSSR count). The van der Waals surface area contributed by atoms with Gasteiger partial charge < -0.3 is 10.2 Å². The van der Waals surface area contributed by atoms with E-state index in [2.05, 4.69) is 34.7 Å². The summed E-state index contributed by atoms with van der Waals surface area (Å²) in [4.78, 5) is 16.1. The van der Waals surface area contributed by atoms with Crippen molar-refractivity contribution >= 4 is 17.2 Å². The van der Waals surface area contributed by atoms with Gasteiger partial charge in [0, 0.05) is 11.4 Å². The van der Waals surface area contributed by atoms with E-state index in [1.807, 2.05) is 0 Å². The maximum Gasteiger partial charge on any atom is 0.240 e. The van der Waals surface area contributed by atoms with Crippen molar-refractivity contribution in [3.05, 3.63) is 22.4 Å². The van der Waals surface area contributed by atoms with Crippen LogP contribution >= 0.6 is 11.3 Å². The van der Waals surface area contributed by atoms with Gasteiger partial charge in [-0.2, -0.15) is 0 Å². The molecule has 1 N–H and O–H groups in total. The van der Waals surface area contributed by atoms with Crippen molar-refractivity contribution in [3.8, 4) is 0 Å². The zero-order valence-electron chi connectivity index (χ0n) is 10.8. The van der Waals surface area contributed by atoms with Gasteiger partial charge >= 0.3 is 0 Å². The van der Waals surface area contributed by atoms with Crippen LogP contribution in [0.3, 0.4) is 0 Å². The van der Waals surface area contributed by atoms with E-state index in [0.717, 1.165) is 32.4 Å². The van der Waals surface area contributed by atoms with Crippen molar-refractivity contribution < 1.29 is 4.79 Å². The van der Waals surface area contributed by atoms with Crippen LogP contribution in [0.1, 0.15) is 37.1 Å². The number of amides is 1. The Kier molecular flexibility index (Phi) is 3.39. The highest BCUT2D eigenvalue weighted by molar-refractivity contribution is 7.10. The molecule has 0 aromatic carbocycles. The minimum atomic E-state index is 0.0468. The normalized spacial score (nSPS) is 32.1. The van der Waals surface area contributed by atoms with E-state index < -0.39 is 0 Å². The number of thiophene rings is 1. The van der Waals surface area contributed by atoms with Gasteiger partial charge in [-0.15, -0.1) is 11.3 Å². The van der Waals surface area contributed by atoms with Crippen LogP contribution in [0.4, 0.5) is 0 Å². The second kappa shape index (κ2) is 5.02. The van der Waals surface area contributed by atoms with Gasteiger partial charge in [0.2, 0.25) is 5.91 Å². The molecule has 2 aliphatic heterocycles. The second-order valence-corrected chi connectivity index (χ2v) is 6.38. The van der Waals surface area contributed by atoms with Gasteiger partial charge in [-0.05, 0) is 43.2 Å². The second-order valence-electron chi connectivity index (χ2n) is 5.40. The molecule has 2 saturated heterocycles. The van der Waals surface area contributed by atoms with Crippen LogP contribution in [0.25, 0.3) is 0 Å². The van der Waals surface area contributed by atoms with E-state index in [9.17, 15) is 4.79 Å². The SMILES string of the molecule is CC1CCNC1C(=O)N1CCCC1c1cccs1. The van der Waals surface area contributed by atoms with Gasteiger partial charge in [-0.3, -0.25) is 4.79 Å². The predicted octanol–water partition coefficient (Wildman–Crippen LogP) is 2.41. The molecule has 0 spiro atoms. The number of nitrogens with zero attached hydrogens (tertiary/aromatic N) is 1. The van der Waals surface area contributed by atoms with Crippen LogP contribution in [0.5, 0.6) is 0 Å². The summed E-state index contributed by atoms with van der Waals surface area (Å²) >= 11 is 1.77. The van der Waals surface area contributed by atoms with Gasteiger partial charge in [-0.25, -0.2) is 0 Å². The molecule has 3 unspecified atom stereocenters. The average molecular weight is 264 g/mol. The Bertz CT molecular complexity index is 417. The molecule has 1 aromatic heterocycles. The third-order valence-electron chi connectivity index (χ3n) is 4.21. The molecule has 0 saturated carbocycles. The highest BCUT2D eigenvalue weighted by Gasteiger charge is 2.38. The maximum absolute atomic E-state index is 12.6. The topological polar surface area (TPSA) is 32.3 Å². The van der Waals surface area contributed by atoms with Crippen molar-refractivity contribution in [1.29, 1.82) is 0 Å². The van der Waals surface area contributed by atoms with Crippen LogP contribution in [-0.4, -0.2) is 29.9 Å². The standard InChI is InChI=1S/C14H20N2OS/c1-10-6-7-15-13(10)14(17)16-8-2-4-11(16)12-5-3-9-18-12/h3,5,9-11,13,15H,2,4,6-8H2,1H3. The van der Waals surface area contributed by atoms with Crippen LogP contribution in [-0.2, 0) is 4.79 Å². The van der Waals surface area contributed by atoms with Crippen molar-refractivity contribution in [2.75, 3.05) is 13.1 Å². The Morgan fingerprint density at radius 2 is 2.39 bits per heavy atom. The molecule has 2 fully saturated rings. The van der Waals surface area contributed by atoms with Gasteiger partial charge in [0.25, 0.3) is 0 Å². The summed E-state index contributed by atoms with van der Waals surface area (Å²) in [5.74, 6) is 0.790. The lowest BCUT2D eigenvalue weighted by molar-refractivity contribution is -0.134. The Morgan fingerprint density at radius 3 is 3.06 bits per heavy atom. The summed E-state index contributed by atoms with van der Waals surface area (Å²) in [6, 6.07) is 4.61. The molecule has 1 amide bonds. The molecule has 98 valence electrons. The number of rotatable bonds is 2. The van der Waals surface area contributed by atoms with E-state index in [-0.39, 0.29) is 6.04 Å². The van der Waals surface area contributed by atoms with E-state index in [0.29, 0.717) is 17.9 Å². The Morgan fingerprint density at radius 1 is 1.50 bits per heavy atom. The molecule has 0 bridgehead atoms. The molecule has 18 heavy (non-hydrogen) atoms. The summed E-state index contributed by atoms with van der Waals surface area (Å²) < 4.78 is 0. The molecule has 2 aliphatic rings. The third-order valence-corrected chi connectivity index (χ3v) is 5.18. The molecule has 0 aliphatic carbocycles. The molecule has 0 radical (unpaired) electrons. The zero-order valence-corrected chi connectivity index (χ0v) is 11.6. The molecule has 3 nitrogen and oxygen atoms in total. The van der Waals surface area contributed by atoms with Crippen LogP contribution in [0, 0.1) is 5.92 Å². The lowest BCUT2D eigenvalue weighted by Gasteiger charge is -2.28.